The zero-order chi connectivity index (χ0) is 58.5. The van der Waals surface area contributed by atoms with E-state index >= 15 is 0 Å². The smallest absolute Gasteiger partial charge is 0.306 e. The van der Waals surface area contributed by atoms with E-state index in [2.05, 4.69) is 130 Å². The molecular formula is C75H128O6. The molecule has 0 rings (SSSR count). The highest BCUT2D eigenvalue weighted by Crippen LogP contribution is 2.17. The fraction of sp³-hybridized carbons (Fsp3) is 0.720. The van der Waals surface area contributed by atoms with Gasteiger partial charge in [-0.15, -0.1) is 0 Å². The molecule has 0 aliphatic carbocycles. The van der Waals surface area contributed by atoms with Gasteiger partial charge in [0.2, 0.25) is 0 Å². The van der Waals surface area contributed by atoms with Crippen LogP contribution in [0.2, 0.25) is 0 Å². The zero-order valence-corrected chi connectivity index (χ0v) is 53.3. The van der Waals surface area contributed by atoms with Gasteiger partial charge in [-0.3, -0.25) is 14.4 Å². The van der Waals surface area contributed by atoms with Crippen LogP contribution in [0.4, 0.5) is 0 Å². The Kier molecular flexibility index (Phi) is 65.2. The van der Waals surface area contributed by atoms with E-state index in [9.17, 15) is 14.4 Å². The molecule has 0 aromatic carbocycles. The summed E-state index contributed by atoms with van der Waals surface area (Å²) in [6.45, 7) is 6.44. The predicted molar refractivity (Wildman–Crippen MR) is 353 cm³/mol. The van der Waals surface area contributed by atoms with Gasteiger partial charge in [0.1, 0.15) is 13.2 Å². The third-order valence-corrected chi connectivity index (χ3v) is 14.8. The van der Waals surface area contributed by atoms with Crippen molar-refractivity contribution >= 4 is 17.9 Å². The van der Waals surface area contributed by atoms with Crippen LogP contribution in [0.15, 0.2) is 109 Å². The second kappa shape index (κ2) is 68.6. The van der Waals surface area contributed by atoms with Crippen LogP contribution in [-0.4, -0.2) is 37.2 Å². The van der Waals surface area contributed by atoms with E-state index in [1.54, 1.807) is 0 Å². The molecule has 6 heteroatoms. The first-order valence-corrected chi connectivity index (χ1v) is 34.4. The summed E-state index contributed by atoms with van der Waals surface area (Å²) < 4.78 is 17.0. The van der Waals surface area contributed by atoms with E-state index in [1.165, 1.54) is 167 Å². The largest absolute Gasteiger partial charge is 0.462 e. The zero-order valence-electron chi connectivity index (χ0n) is 53.3. The third kappa shape index (κ3) is 66.8. The first-order valence-electron chi connectivity index (χ1n) is 34.4. The molecule has 0 heterocycles. The lowest BCUT2D eigenvalue weighted by molar-refractivity contribution is -0.167. The number of esters is 3. The minimum Gasteiger partial charge on any atom is -0.462 e. The number of allylic oxidation sites excluding steroid dienone is 18. The monoisotopic (exact) mass is 1120 g/mol. The van der Waals surface area contributed by atoms with E-state index in [0.29, 0.717) is 19.3 Å². The van der Waals surface area contributed by atoms with Crippen molar-refractivity contribution in [2.24, 2.45) is 0 Å². The summed E-state index contributed by atoms with van der Waals surface area (Å²) >= 11 is 0. The number of carbonyl (C=O) groups excluding carboxylic acids is 3. The molecule has 0 amide bonds. The van der Waals surface area contributed by atoms with Crippen LogP contribution in [0.3, 0.4) is 0 Å². The lowest BCUT2D eigenvalue weighted by atomic mass is 10.0. The van der Waals surface area contributed by atoms with Gasteiger partial charge in [0.25, 0.3) is 0 Å². The number of hydrogen-bond acceptors (Lipinski definition) is 6. The van der Waals surface area contributed by atoms with Gasteiger partial charge in [-0.25, -0.2) is 0 Å². The van der Waals surface area contributed by atoms with Crippen molar-refractivity contribution in [3.8, 4) is 0 Å². The second-order valence-corrected chi connectivity index (χ2v) is 22.7. The van der Waals surface area contributed by atoms with Crippen molar-refractivity contribution in [1.82, 2.24) is 0 Å². The van der Waals surface area contributed by atoms with Gasteiger partial charge >= 0.3 is 17.9 Å². The van der Waals surface area contributed by atoms with E-state index in [0.717, 1.165) is 122 Å². The summed E-state index contributed by atoms with van der Waals surface area (Å²) in [5.74, 6) is -0.874. The molecule has 1 unspecified atom stereocenters. The first kappa shape index (κ1) is 77.1. The lowest BCUT2D eigenvalue weighted by Gasteiger charge is -2.18. The molecule has 0 aliphatic rings. The molecule has 6 nitrogen and oxygen atoms in total. The Labute approximate surface area is 501 Å². The van der Waals surface area contributed by atoms with Crippen molar-refractivity contribution < 1.29 is 28.6 Å². The number of carbonyl (C=O) groups is 3. The maximum absolute atomic E-state index is 12.9. The van der Waals surface area contributed by atoms with E-state index in [-0.39, 0.29) is 31.1 Å². The Hall–Kier alpha value is -3.93. The molecule has 1 atom stereocenters. The van der Waals surface area contributed by atoms with Crippen LogP contribution in [0.25, 0.3) is 0 Å². The minimum absolute atomic E-state index is 0.0784. The average molecular weight is 1130 g/mol. The van der Waals surface area contributed by atoms with Crippen LogP contribution >= 0.6 is 0 Å². The maximum atomic E-state index is 12.9. The van der Waals surface area contributed by atoms with Gasteiger partial charge < -0.3 is 14.2 Å². The summed E-state index contributed by atoms with van der Waals surface area (Å²) in [7, 11) is 0. The molecule has 0 aromatic rings. The third-order valence-electron chi connectivity index (χ3n) is 14.8. The van der Waals surface area contributed by atoms with Crippen molar-refractivity contribution in [3.63, 3.8) is 0 Å². The minimum atomic E-state index is -0.783. The quantitative estimate of drug-likeness (QED) is 0.0261. The van der Waals surface area contributed by atoms with Gasteiger partial charge in [0, 0.05) is 19.3 Å². The molecule has 0 fully saturated rings. The van der Waals surface area contributed by atoms with Crippen LogP contribution in [0.1, 0.15) is 329 Å². The molecule has 0 saturated heterocycles. The molecule has 81 heavy (non-hydrogen) atoms. The fourth-order valence-corrected chi connectivity index (χ4v) is 9.70. The highest BCUT2D eigenvalue weighted by Gasteiger charge is 2.19. The Balaban J connectivity index is 4.28. The normalized spacial score (nSPS) is 12.8. The summed E-state index contributed by atoms with van der Waals surface area (Å²) in [6.07, 6.45) is 93.9. The van der Waals surface area contributed by atoms with Crippen LogP contribution < -0.4 is 0 Å². The molecule has 0 saturated carbocycles. The molecule has 0 radical (unpaired) electrons. The van der Waals surface area contributed by atoms with Crippen molar-refractivity contribution in [2.75, 3.05) is 13.2 Å². The number of unbranched alkanes of at least 4 members (excludes halogenated alkanes) is 33. The van der Waals surface area contributed by atoms with Crippen LogP contribution in [-0.2, 0) is 28.6 Å². The molecule has 0 bridgehead atoms. The summed E-state index contributed by atoms with van der Waals surface area (Å²) in [6, 6.07) is 0. The Morgan fingerprint density at radius 1 is 0.259 bits per heavy atom. The van der Waals surface area contributed by atoms with Gasteiger partial charge in [-0.1, -0.05) is 316 Å². The number of hydrogen-bond donors (Lipinski definition) is 0. The highest BCUT2D eigenvalue weighted by atomic mass is 16.6. The summed E-state index contributed by atoms with van der Waals surface area (Å²) in [5.41, 5.74) is 0. The van der Waals surface area contributed by atoms with Crippen LogP contribution in [0.5, 0.6) is 0 Å². The van der Waals surface area contributed by atoms with Gasteiger partial charge in [-0.2, -0.15) is 0 Å². The van der Waals surface area contributed by atoms with Crippen LogP contribution in [0, 0.1) is 0 Å². The van der Waals surface area contributed by atoms with Crippen molar-refractivity contribution in [1.29, 1.82) is 0 Å². The number of rotatable bonds is 62. The molecule has 0 aliphatic heterocycles. The Morgan fingerprint density at radius 2 is 0.481 bits per heavy atom. The second-order valence-electron chi connectivity index (χ2n) is 22.7. The standard InChI is InChI=1S/C75H128O6/c1-4-7-10-13-16-19-22-25-27-29-31-33-34-35-36-37-38-39-40-42-43-45-47-50-53-56-59-62-65-68-74(77)80-71-72(70-79-73(76)67-64-61-58-55-52-49-24-21-18-15-12-9-6-3)81-75(78)69-66-63-60-57-54-51-48-46-44-41-32-30-28-26-23-20-17-14-11-8-5-2/h7-8,10-11,16-17,19-20,25-28,31-33,35-36,41,72H,4-6,9,12-15,18,21-24,29-30,34,37-40,42-71H2,1-3H3/b10-7-,11-8-,19-16-,20-17-,27-25-,28-26-,33-31-,36-35-,41-32-. The summed E-state index contributed by atoms with van der Waals surface area (Å²) in [4.78, 5) is 38.4. The fourth-order valence-electron chi connectivity index (χ4n) is 9.70. The SMILES string of the molecule is CC/C=C\C/C=C\C/C=C\C/C=C\C/C=C\CCCCCCCCCCCCCCCC(=O)OCC(COC(=O)CCCCCCCCCCCCCCC)OC(=O)CCCCCCCCCC/C=C\C/C=C\C/C=C\C/C=C\CC. The average Bonchev–Trinajstić information content (AvgIpc) is 3.46. The molecule has 0 spiro atoms. The first-order chi connectivity index (χ1) is 40.0. The predicted octanol–water partition coefficient (Wildman–Crippen LogP) is 23.8. The molecule has 464 valence electrons. The molecule has 0 aromatic heterocycles. The summed E-state index contributed by atoms with van der Waals surface area (Å²) in [5, 5.41) is 0. The van der Waals surface area contributed by atoms with Gasteiger partial charge in [-0.05, 0) is 103 Å². The van der Waals surface area contributed by atoms with E-state index < -0.39 is 6.10 Å². The lowest BCUT2D eigenvalue weighted by Crippen LogP contribution is -2.30. The number of ether oxygens (including phenoxy) is 3. The highest BCUT2D eigenvalue weighted by molar-refractivity contribution is 5.71. The molecule has 0 N–H and O–H groups in total. The van der Waals surface area contributed by atoms with Gasteiger partial charge in [0.05, 0.1) is 0 Å². The topological polar surface area (TPSA) is 78.9 Å². The molecular weight excluding hydrogens is 997 g/mol. The van der Waals surface area contributed by atoms with E-state index in [4.69, 9.17) is 14.2 Å². The Morgan fingerprint density at radius 3 is 0.753 bits per heavy atom. The maximum Gasteiger partial charge on any atom is 0.306 e. The van der Waals surface area contributed by atoms with Crippen molar-refractivity contribution in [2.45, 2.75) is 335 Å². The van der Waals surface area contributed by atoms with Crippen molar-refractivity contribution in [3.05, 3.63) is 109 Å². The van der Waals surface area contributed by atoms with E-state index in [1.807, 2.05) is 0 Å². The Bertz CT molecular complexity index is 1620. The van der Waals surface area contributed by atoms with Gasteiger partial charge in [0.15, 0.2) is 6.10 Å².